The Balaban J connectivity index is 1.66. The lowest BCUT2D eigenvalue weighted by Crippen LogP contribution is -2.29. The number of aryl methyl sites for hydroxylation is 1. The fraction of sp³-hybridized carbons (Fsp3) is 0.333. The largest absolute Gasteiger partial charge is 0.387 e. The van der Waals surface area contributed by atoms with Crippen LogP contribution < -0.4 is 5.32 Å². The van der Waals surface area contributed by atoms with Crippen LogP contribution in [0, 0.1) is 5.82 Å². The van der Waals surface area contributed by atoms with Gasteiger partial charge >= 0.3 is 0 Å². The highest BCUT2D eigenvalue weighted by molar-refractivity contribution is 5.32. The topological polar surface area (TPSA) is 32.3 Å². The first kappa shape index (κ1) is 14.2. The first-order valence-electron chi connectivity index (χ1n) is 7.49. The van der Waals surface area contributed by atoms with Crippen molar-refractivity contribution in [1.29, 1.82) is 0 Å². The third kappa shape index (κ3) is 3.31. The van der Waals surface area contributed by atoms with Crippen molar-refractivity contribution in [3.63, 3.8) is 0 Å². The molecule has 1 aliphatic carbocycles. The molecule has 0 bridgehead atoms. The highest BCUT2D eigenvalue weighted by Gasteiger charge is 2.20. The van der Waals surface area contributed by atoms with E-state index in [0.29, 0.717) is 12.1 Å². The summed E-state index contributed by atoms with van der Waals surface area (Å²) in [5.74, 6) is -0.311. The van der Waals surface area contributed by atoms with Crippen LogP contribution in [0.15, 0.2) is 48.5 Å². The maximum Gasteiger partial charge on any atom is 0.123 e. The zero-order valence-corrected chi connectivity index (χ0v) is 11.9. The lowest BCUT2D eigenvalue weighted by Gasteiger charge is -2.27. The smallest absolute Gasteiger partial charge is 0.123 e. The number of halogens is 1. The van der Waals surface area contributed by atoms with Crippen LogP contribution in [0.5, 0.6) is 0 Å². The van der Waals surface area contributed by atoms with Crippen molar-refractivity contribution in [2.24, 2.45) is 0 Å². The van der Waals surface area contributed by atoms with E-state index in [2.05, 4.69) is 29.6 Å². The second kappa shape index (κ2) is 6.37. The second-order valence-electron chi connectivity index (χ2n) is 5.62. The van der Waals surface area contributed by atoms with Gasteiger partial charge in [0.05, 0.1) is 6.10 Å². The van der Waals surface area contributed by atoms with Gasteiger partial charge in [0, 0.05) is 12.6 Å². The number of aliphatic hydroxyl groups is 1. The molecule has 0 heterocycles. The summed E-state index contributed by atoms with van der Waals surface area (Å²) >= 11 is 0. The summed E-state index contributed by atoms with van der Waals surface area (Å²) in [5, 5.41) is 13.6. The van der Waals surface area contributed by atoms with Gasteiger partial charge in [-0.15, -0.1) is 0 Å². The predicted molar refractivity (Wildman–Crippen MR) is 81.5 cm³/mol. The van der Waals surface area contributed by atoms with Crippen molar-refractivity contribution in [2.45, 2.75) is 31.4 Å². The Hall–Kier alpha value is -1.71. The van der Waals surface area contributed by atoms with Crippen LogP contribution in [0.2, 0.25) is 0 Å². The molecule has 0 fully saturated rings. The van der Waals surface area contributed by atoms with E-state index in [1.54, 1.807) is 12.1 Å². The third-order valence-corrected chi connectivity index (χ3v) is 4.16. The highest BCUT2D eigenvalue weighted by atomic mass is 19.1. The molecule has 2 N–H and O–H groups in total. The van der Waals surface area contributed by atoms with Gasteiger partial charge in [-0.1, -0.05) is 36.4 Å². The zero-order valence-electron chi connectivity index (χ0n) is 11.9. The Morgan fingerprint density at radius 3 is 2.90 bits per heavy atom. The molecular formula is C18H20FNO. The number of fused-ring (bicyclic) bond motifs is 1. The maximum atomic E-state index is 13.2. The van der Waals surface area contributed by atoms with E-state index in [-0.39, 0.29) is 11.9 Å². The van der Waals surface area contributed by atoms with E-state index in [9.17, 15) is 9.50 Å². The van der Waals surface area contributed by atoms with Crippen LogP contribution in [-0.2, 0) is 6.42 Å². The molecule has 0 aromatic heterocycles. The van der Waals surface area contributed by atoms with Crippen LogP contribution >= 0.6 is 0 Å². The molecule has 3 heteroatoms. The van der Waals surface area contributed by atoms with Crippen LogP contribution in [-0.4, -0.2) is 11.7 Å². The van der Waals surface area contributed by atoms with Crippen LogP contribution in [0.25, 0.3) is 0 Å². The number of hydrogen-bond acceptors (Lipinski definition) is 2. The van der Waals surface area contributed by atoms with Crippen molar-refractivity contribution < 1.29 is 9.50 Å². The van der Waals surface area contributed by atoms with Gasteiger partial charge in [-0.05, 0) is 48.1 Å². The van der Waals surface area contributed by atoms with E-state index in [1.807, 2.05) is 0 Å². The molecule has 0 aliphatic heterocycles. The first-order chi connectivity index (χ1) is 10.2. The Labute approximate surface area is 124 Å². The molecule has 0 saturated heterocycles. The molecule has 2 unspecified atom stereocenters. The summed E-state index contributed by atoms with van der Waals surface area (Å²) in [5.41, 5.74) is 3.34. The van der Waals surface area contributed by atoms with Crippen LogP contribution in [0.1, 0.15) is 41.7 Å². The van der Waals surface area contributed by atoms with Crippen molar-refractivity contribution in [2.75, 3.05) is 6.54 Å². The Morgan fingerprint density at radius 2 is 2.05 bits per heavy atom. The molecule has 3 rings (SSSR count). The average Bonchev–Trinajstić information content (AvgIpc) is 2.52. The maximum absolute atomic E-state index is 13.2. The van der Waals surface area contributed by atoms with Crippen LogP contribution in [0.4, 0.5) is 4.39 Å². The summed E-state index contributed by atoms with van der Waals surface area (Å²) in [6.07, 6.45) is 2.67. The molecule has 0 amide bonds. The van der Waals surface area contributed by atoms with Crippen molar-refractivity contribution in [3.8, 4) is 0 Å². The minimum atomic E-state index is -0.685. The SMILES string of the molecule is OC(CNC1CCCc2ccccc21)c1cccc(F)c1. The number of rotatable bonds is 4. The van der Waals surface area contributed by atoms with Gasteiger partial charge in [0.1, 0.15) is 5.82 Å². The first-order valence-corrected chi connectivity index (χ1v) is 7.49. The average molecular weight is 285 g/mol. The normalized spacial score (nSPS) is 19.0. The molecule has 110 valence electrons. The summed E-state index contributed by atoms with van der Waals surface area (Å²) < 4.78 is 13.2. The van der Waals surface area contributed by atoms with Crippen molar-refractivity contribution in [1.82, 2.24) is 5.32 Å². The third-order valence-electron chi connectivity index (χ3n) is 4.16. The van der Waals surface area contributed by atoms with Gasteiger partial charge in [0.15, 0.2) is 0 Å². The lowest BCUT2D eigenvalue weighted by atomic mass is 9.87. The lowest BCUT2D eigenvalue weighted by molar-refractivity contribution is 0.167. The predicted octanol–water partition coefficient (Wildman–Crippen LogP) is 3.53. The van der Waals surface area contributed by atoms with Crippen molar-refractivity contribution in [3.05, 3.63) is 71.0 Å². The fourth-order valence-corrected chi connectivity index (χ4v) is 3.05. The van der Waals surface area contributed by atoms with E-state index >= 15 is 0 Å². The van der Waals surface area contributed by atoms with Gasteiger partial charge in [-0.25, -0.2) is 4.39 Å². The quantitative estimate of drug-likeness (QED) is 0.900. The highest BCUT2D eigenvalue weighted by Crippen LogP contribution is 2.29. The fourth-order valence-electron chi connectivity index (χ4n) is 3.05. The molecule has 2 aromatic rings. The van der Waals surface area contributed by atoms with E-state index < -0.39 is 6.10 Å². The minimum Gasteiger partial charge on any atom is -0.387 e. The van der Waals surface area contributed by atoms with Gasteiger partial charge in [-0.2, -0.15) is 0 Å². The summed E-state index contributed by atoms with van der Waals surface area (Å²) in [7, 11) is 0. The van der Waals surface area contributed by atoms with Gasteiger partial charge < -0.3 is 10.4 Å². The molecule has 2 nitrogen and oxygen atoms in total. The number of hydrogen-bond donors (Lipinski definition) is 2. The molecule has 2 atom stereocenters. The molecular weight excluding hydrogens is 265 g/mol. The van der Waals surface area contributed by atoms with Crippen LogP contribution in [0.3, 0.4) is 0 Å². The Bertz CT molecular complexity index is 614. The number of nitrogens with one attached hydrogen (secondary N) is 1. The van der Waals surface area contributed by atoms with E-state index in [0.717, 1.165) is 19.3 Å². The Kier molecular flexibility index (Phi) is 4.32. The molecule has 0 saturated carbocycles. The molecule has 21 heavy (non-hydrogen) atoms. The molecule has 0 radical (unpaired) electrons. The molecule has 0 spiro atoms. The number of aliphatic hydroxyl groups excluding tert-OH is 1. The van der Waals surface area contributed by atoms with Crippen molar-refractivity contribution >= 4 is 0 Å². The van der Waals surface area contributed by atoms with E-state index in [1.165, 1.54) is 23.3 Å². The molecule has 2 aromatic carbocycles. The zero-order chi connectivity index (χ0) is 14.7. The summed E-state index contributed by atoms with van der Waals surface area (Å²) in [6, 6.07) is 14.9. The number of benzene rings is 2. The summed E-state index contributed by atoms with van der Waals surface area (Å²) in [4.78, 5) is 0. The van der Waals surface area contributed by atoms with Gasteiger partial charge in [-0.3, -0.25) is 0 Å². The second-order valence-corrected chi connectivity index (χ2v) is 5.62. The summed E-state index contributed by atoms with van der Waals surface area (Å²) in [6.45, 7) is 0.433. The van der Waals surface area contributed by atoms with E-state index in [4.69, 9.17) is 0 Å². The van der Waals surface area contributed by atoms with Gasteiger partial charge in [0.2, 0.25) is 0 Å². The van der Waals surface area contributed by atoms with Gasteiger partial charge in [0.25, 0.3) is 0 Å². The standard InChI is InChI=1S/C18H20FNO/c19-15-8-3-7-14(11-15)18(21)12-20-17-10-4-6-13-5-1-2-9-16(13)17/h1-3,5,7-9,11,17-18,20-21H,4,6,10,12H2. The molecule has 1 aliphatic rings. The monoisotopic (exact) mass is 285 g/mol. The Morgan fingerprint density at radius 1 is 1.19 bits per heavy atom. The minimum absolute atomic E-state index is 0.276.